The van der Waals surface area contributed by atoms with Gasteiger partial charge in [0.1, 0.15) is 0 Å². The zero-order valence-corrected chi connectivity index (χ0v) is 11.6. The molecule has 19 heavy (non-hydrogen) atoms. The fourth-order valence-electron chi connectivity index (χ4n) is 3.07. The molecular weight excluding hydrogens is 236 g/mol. The Morgan fingerprint density at radius 3 is 2.58 bits per heavy atom. The van der Waals surface area contributed by atoms with Crippen LogP contribution < -0.4 is 10.6 Å². The van der Waals surface area contributed by atoms with Crippen molar-refractivity contribution in [1.82, 2.24) is 9.97 Å². The molecule has 0 saturated carbocycles. The highest BCUT2D eigenvalue weighted by molar-refractivity contribution is 5.34. The van der Waals surface area contributed by atoms with Gasteiger partial charge in [-0.25, -0.2) is 9.97 Å². The summed E-state index contributed by atoms with van der Waals surface area (Å²) in [7, 11) is 0. The maximum atomic E-state index is 5.96. The molecule has 0 atom stereocenters. The minimum Gasteiger partial charge on any atom is -0.341 e. The number of aromatic nitrogens is 2. The minimum atomic E-state index is 0.362. The second-order valence-corrected chi connectivity index (χ2v) is 5.88. The third-order valence-corrected chi connectivity index (χ3v) is 4.37. The number of nitrogens with two attached hydrogens (primary N) is 1. The predicted octanol–water partition coefficient (Wildman–Crippen LogP) is 2.06. The van der Waals surface area contributed by atoms with Gasteiger partial charge in [-0.1, -0.05) is 12.8 Å². The Morgan fingerprint density at radius 2 is 1.79 bits per heavy atom. The minimum absolute atomic E-state index is 0.362. The van der Waals surface area contributed by atoms with Crippen LogP contribution in [-0.2, 0) is 12.8 Å². The van der Waals surface area contributed by atoms with Crippen molar-refractivity contribution in [3.8, 4) is 0 Å². The number of aryl methyl sites for hydroxylation is 2. The molecule has 1 saturated heterocycles. The van der Waals surface area contributed by atoms with E-state index >= 15 is 0 Å². The average Bonchev–Trinajstić information content (AvgIpc) is 2.40. The molecule has 104 valence electrons. The summed E-state index contributed by atoms with van der Waals surface area (Å²) in [4.78, 5) is 11.7. The van der Waals surface area contributed by atoms with Crippen LogP contribution in [0.3, 0.4) is 0 Å². The number of anilines is 1. The van der Waals surface area contributed by atoms with E-state index in [0.29, 0.717) is 6.04 Å². The molecule has 3 rings (SSSR count). The fourth-order valence-corrected chi connectivity index (χ4v) is 3.07. The van der Waals surface area contributed by atoms with Crippen LogP contribution in [0.1, 0.15) is 49.8 Å². The summed E-state index contributed by atoms with van der Waals surface area (Å²) < 4.78 is 0. The van der Waals surface area contributed by atoms with Crippen LogP contribution in [0.2, 0.25) is 0 Å². The molecular formula is C15H24N4. The number of rotatable bonds is 1. The number of nitrogens with zero attached hydrogens (tertiary/aromatic N) is 3. The Hall–Kier alpha value is -1.16. The van der Waals surface area contributed by atoms with E-state index in [1.54, 1.807) is 0 Å². The van der Waals surface area contributed by atoms with Gasteiger partial charge in [0.05, 0.1) is 0 Å². The van der Waals surface area contributed by atoms with Crippen LogP contribution in [0.25, 0.3) is 0 Å². The molecule has 0 aromatic carbocycles. The van der Waals surface area contributed by atoms with Crippen LogP contribution >= 0.6 is 0 Å². The molecule has 2 N–H and O–H groups in total. The Kier molecular flexibility index (Phi) is 3.97. The first kappa shape index (κ1) is 12.9. The van der Waals surface area contributed by atoms with E-state index < -0.39 is 0 Å². The van der Waals surface area contributed by atoms with E-state index in [-0.39, 0.29) is 0 Å². The first-order chi connectivity index (χ1) is 9.33. The van der Waals surface area contributed by atoms with Gasteiger partial charge in [0.2, 0.25) is 5.95 Å². The summed E-state index contributed by atoms with van der Waals surface area (Å²) in [5, 5.41) is 0. The molecule has 1 fully saturated rings. The molecule has 0 amide bonds. The lowest BCUT2D eigenvalue weighted by Crippen LogP contribution is -2.40. The summed E-state index contributed by atoms with van der Waals surface area (Å²) in [5.74, 6) is 0.922. The molecule has 1 aromatic heterocycles. The molecule has 4 heteroatoms. The Labute approximate surface area is 115 Å². The van der Waals surface area contributed by atoms with Gasteiger partial charge >= 0.3 is 0 Å². The SMILES string of the molecule is NC1CCN(c2ncc3c(n2)CCCCCC3)CC1. The summed E-state index contributed by atoms with van der Waals surface area (Å²) in [6.07, 6.45) is 11.7. The maximum absolute atomic E-state index is 5.96. The Bertz CT molecular complexity index is 424. The normalized spacial score (nSPS) is 21.6. The van der Waals surface area contributed by atoms with Crippen molar-refractivity contribution in [2.24, 2.45) is 5.73 Å². The lowest BCUT2D eigenvalue weighted by molar-refractivity contribution is 0.494. The van der Waals surface area contributed by atoms with Crippen molar-refractivity contribution >= 4 is 5.95 Å². The molecule has 0 unspecified atom stereocenters. The number of piperidine rings is 1. The van der Waals surface area contributed by atoms with E-state index in [4.69, 9.17) is 10.7 Å². The Morgan fingerprint density at radius 1 is 1.05 bits per heavy atom. The zero-order valence-electron chi connectivity index (χ0n) is 11.6. The van der Waals surface area contributed by atoms with E-state index in [9.17, 15) is 0 Å². The third kappa shape index (κ3) is 3.06. The molecule has 1 aromatic rings. The quantitative estimate of drug-likeness (QED) is 0.840. The van der Waals surface area contributed by atoms with E-state index in [1.165, 1.54) is 36.9 Å². The highest BCUT2D eigenvalue weighted by Gasteiger charge is 2.19. The highest BCUT2D eigenvalue weighted by Crippen LogP contribution is 2.21. The van der Waals surface area contributed by atoms with Crippen molar-refractivity contribution in [2.75, 3.05) is 18.0 Å². The van der Waals surface area contributed by atoms with Gasteiger partial charge in [-0.05, 0) is 44.1 Å². The van der Waals surface area contributed by atoms with Gasteiger partial charge in [-0.15, -0.1) is 0 Å². The van der Waals surface area contributed by atoms with E-state index in [2.05, 4.69) is 16.1 Å². The number of fused-ring (bicyclic) bond motifs is 1. The van der Waals surface area contributed by atoms with Gasteiger partial charge in [0, 0.05) is 31.0 Å². The van der Waals surface area contributed by atoms with Crippen LogP contribution in [-0.4, -0.2) is 29.1 Å². The van der Waals surface area contributed by atoms with E-state index in [1.807, 2.05) is 0 Å². The summed E-state index contributed by atoms with van der Waals surface area (Å²) in [6, 6.07) is 0.362. The van der Waals surface area contributed by atoms with Crippen LogP contribution in [0.4, 0.5) is 5.95 Å². The van der Waals surface area contributed by atoms with Gasteiger partial charge in [-0.2, -0.15) is 0 Å². The lowest BCUT2D eigenvalue weighted by Gasteiger charge is -2.30. The van der Waals surface area contributed by atoms with Gasteiger partial charge in [0.15, 0.2) is 0 Å². The molecule has 1 aliphatic heterocycles. The van der Waals surface area contributed by atoms with Gasteiger partial charge in [0.25, 0.3) is 0 Å². The van der Waals surface area contributed by atoms with Gasteiger partial charge < -0.3 is 10.6 Å². The van der Waals surface area contributed by atoms with Crippen molar-refractivity contribution < 1.29 is 0 Å². The zero-order chi connectivity index (χ0) is 13.1. The van der Waals surface area contributed by atoms with Crippen LogP contribution in [0.5, 0.6) is 0 Å². The first-order valence-corrected chi connectivity index (χ1v) is 7.68. The molecule has 2 heterocycles. The molecule has 0 radical (unpaired) electrons. The smallest absolute Gasteiger partial charge is 0.225 e. The summed E-state index contributed by atoms with van der Waals surface area (Å²) in [6.45, 7) is 2.00. The predicted molar refractivity (Wildman–Crippen MR) is 77.3 cm³/mol. The molecule has 4 nitrogen and oxygen atoms in total. The highest BCUT2D eigenvalue weighted by atomic mass is 15.3. The first-order valence-electron chi connectivity index (χ1n) is 7.68. The summed E-state index contributed by atoms with van der Waals surface area (Å²) >= 11 is 0. The number of hydrogen-bond donors (Lipinski definition) is 1. The molecule has 0 bridgehead atoms. The largest absolute Gasteiger partial charge is 0.341 e. The van der Waals surface area contributed by atoms with Crippen molar-refractivity contribution in [1.29, 1.82) is 0 Å². The van der Waals surface area contributed by atoms with Crippen molar-refractivity contribution in [3.05, 3.63) is 17.5 Å². The third-order valence-electron chi connectivity index (χ3n) is 4.37. The average molecular weight is 260 g/mol. The molecule has 2 aliphatic rings. The molecule has 0 spiro atoms. The van der Waals surface area contributed by atoms with Crippen LogP contribution in [0.15, 0.2) is 6.20 Å². The van der Waals surface area contributed by atoms with Crippen LogP contribution in [0, 0.1) is 0 Å². The van der Waals surface area contributed by atoms with Crippen molar-refractivity contribution in [2.45, 2.75) is 57.4 Å². The topological polar surface area (TPSA) is 55.0 Å². The summed E-state index contributed by atoms with van der Waals surface area (Å²) in [5.41, 5.74) is 8.62. The Balaban J connectivity index is 1.77. The molecule has 1 aliphatic carbocycles. The monoisotopic (exact) mass is 260 g/mol. The maximum Gasteiger partial charge on any atom is 0.225 e. The van der Waals surface area contributed by atoms with E-state index in [0.717, 1.165) is 44.7 Å². The number of hydrogen-bond acceptors (Lipinski definition) is 4. The second-order valence-electron chi connectivity index (χ2n) is 5.88. The lowest BCUT2D eigenvalue weighted by atomic mass is 9.98. The van der Waals surface area contributed by atoms with Gasteiger partial charge in [-0.3, -0.25) is 0 Å². The second kappa shape index (κ2) is 5.87. The fraction of sp³-hybridized carbons (Fsp3) is 0.733. The van der Waals surface area contributed by atoms with Crippen molar-refractivity contribution in [3.63, 3.8) is 0 Å². The standard InChI is InChI=1S/C15H24N4/c16-13-7-9-19(10-8-13)15-17-11-12-5-3-1-2-4-6-14(12)18-15/h11,13H,1-10,16H2.